The summed E-state index contributed by atoms with van der Waals surface area (Å²) in [5.41, 5.74) is 0. The fraction of sp³-hybridized carbons (Fsp3) is 0.867. The number of hydrogen-bond acceptors (Lipinski definition) is 6. The SMILES string of the molecule is CC(C)c1nsc(N2CCO[C@@H](CN(C)CC3CC3)C2)n1. The number of hydrogen-bond donors (Lipinski definition) is 0. The molecule has 2 fully saturated rings. The highest BCUT2D eigenvalue weighted by atomic mass is 32.1. The minimum Gasteiger partial charge on any atom is -0.373 e. The molecule has 0 amide bonds. The van der Waals surface area contributed by atoms with Gasteiger partial charge in [0, 0.05) is 43.6 Å². The summed E-state index contributed by atoms with van der Waals surface area (Å²) in [4.78, 5) is 9.43. The predicted molar refractivity (Wildman–Crippen MR) is 86.2 cm³/mol. The van der Waals surface area contributed by atoms with Gasteiger partial charge in [-0.2, -0.15) is 4.37 Å². The molecule has 0 N–H and O–H groups in total. The van der Waals surface area contributed by atoms with Crippen molar-refractivity contribution in [2.24, 2.45) is 5.92 Å². The smallest absolute Gasteiger partial charge is 0.205 e. The van der Waals surface area contributed by atoms with Crippen LogP contribution in [0.15, 0.2) is 0 Å². The lowest BCUT2D eigenvalue weighted by Gasteiger charge is -2.34. The molecular weight excluding hydrogens is 284 g/mol. The minimum absolute atomic E-state index is 0.286. The van der Waals surface area contributed by atoms with E-state index in [0.717, 1.165) is 43.1 Å². The highest BCUT2D eigenvalue weighted by molar-refractivity contribution is 7.09. The molecule has 21 heavy (non-hydrogen) atoms. The highest BCUT2D eigenvalue weighted by Crippen LogP contribution is 2.29. The molecule has 3 rings (SSSR count). The molecule has 1 atom stereocenters. The van der Waals surface area contributed by atoms with E-state index in [9.17, 15) is 0 Å². The molecular formula is C15H26N4OS. The van der Waals surface area contributed by atoms with Gasteiger partial charge in [-0.1, -0.05) is 13.8 Å². The number of ether oxygens (including phenoxy) is 1. The van der Waals surface area contributed by atoms with Crippen LogP contribution < -0.4 is 4.90 Å². The summed E-state index contributed by atoms with van der Waals surface area (Å²) in [6, 6.07) is 0. The predicted octanol–water partition coefficient (Wildman–Crippen LogP) is 2.21. The Labute approximate surface area is 131 Å². The second-order valence-corrected chi connectivity index (χ2v) is 7.42. The average molecular weight is 310 g/mol. The number of rotatable bonds is 6. The van der Waals surface area contributed by atoms with Crippen LogP contribution in [0.1, 0.15) is 38.4 Å². The summed E-state index contributed by atoms with van der Waals surface area (Å²) >= 11 is 1.52. The largest absolute Gasteiger partial charge is 0.373 e. The molecule has 1 aromatic rings. The molecule has 2 heterocycles. The van der Waals surface area contributed by atoms with Gasteiger partial charge in [0.1, 0.15) is 5.82 Å². The number of morpholine rings is 1. The van der Waals surface area contributed by atoms with Gasteiger partial charge < -0.3 is 14.5 Å². The standard InChI is InChI=1S/C15H26N4OS/c1-11(2)14-16-15(21-17-14)19-6-7-20-13(10-19)9-18(3)8-12-4-5-12/h11-13H,4-10H2,1-3H3/t13-/m0/s1. The Morgan fingerprint density at radius 2 is 2.19 bits per heavy atom. The van der Waals surface area contributed by atoms with Gasteiger partial charge in [-0.3, -0.25) is 0 Å². The monoisotopic (exact) mass is 310 g/mol. The third-order valence-corrected chi connectivity index (χ3v) is 4.93. The topological polar surface area (TPSA) is 41.5 Å². The van der Waals surface area contributed by atoms with Crippen LogP contribution in [0.4, 0.5) is 5.13 Å². The number of anilines is 1. The molecule has 5 nitrogen and oxygen atoms in total. The zero-order chi connectivity index (χ0) is 14.8. The second-order valence-electron chi connectivity index (χ2n) is 6.69. The quantitative estimate of drug-likeness (QED) is 0.806. The van der Waals surface area contributed by atoms with Gasteiger partial charge in [0.25, 0.3) is 0 Å². The minimum atomic E-state index is 0.286. The van der Waals surface area contributed by atoms with Crippen molar-refractivity contribution in [2.45, 2.75) is 38.7 Å². The van der Waals surface area contributed by atoms with Gasteiger partial charge in [0.05, 0.1) is 12.7 Å². The maximum atomic E-state index is 5.93. The molecule has 0 radical (unpaired) electrons. The van der Waals surface area contributed by atoms with Crippen LogP contribution in [-0.4, -0.2) is 60.2 Å². The Hall–Kier alpha value is -0.720. The van der Waals surface area contributed by atoms with Crippen LogP contribution in [0.2, 0.25) is 0 Å². The van der Waals surface area contributed by atoms with Crippen LogP contribution in [0.5, 0.6) is 0 Å². The van der Waals surface area contributed by atoms with Crippen molar-refractivity contribution in [3.63, 3.8) is 0 Å². The fourth-order valence-electron chi connectivity index (χ4n) is 2.76. The van der Waals surface area contributed by atoms with Crippen molar-refractivity contribution in [1.82, 2.24) is 14.3 Å². The number of aromatic nitrogens is 2. The normalized spacial score (nSPS) is 23.3. The summed E-state index contributed by atoms with van der Waals surface area (Å²) in [5.74, 6) is 2.30. The Balaban J connectivity index is 1.54. The van der Waals surface area contributed by atoms with Crippen LogP contribution in [0, 0.1) is 5.92 Å². The Kier molecular flexibility index (Phi) is 4.76. The van der Waals surface area contributed by atoms with Gasteiger partial charge in [-0.25, -0.2) is 4.98 Å². The lowest BCUT2D eigenvalue weighted by molar-refractivity contribution is 0.0199. The third kappa shape index (κ3) is 4.14. The van der Waals surface area contributed by atoms with Crippen LogP contribution in [0.25, 0.3) is 0 Å². The summed E-state index contributed by atoms with van der Waals surface area (Å²) in [7, 11) is 2.21. The molecule has 0 unspecified atom stereocenters. The molecule has 1 saturated heterocycles. The number of nitrogens with zero attached hydrogens (tertiary/aromatic N) is 4. The van der Waals surface area contributed by atoms with Crippen molar-refractivity contribution < 1.29 is 4.74 Å². The highest BCUT2D eigenvalue weighted by Gasteiger charge is 2.27. The molecule has 0 bridgehead atoms. The zero-order valence-electron chi connectivity index (χ0n) is 13.3. The van der Waals surface area contributed by atoms with Crippen molar-refractivity contribution in [3.8, 4) is 0 Å². The van der Waals surface area contributed by atoms with E-state index in [1.807, 2.05) is 0 Å². The van der Waals surface area contributed by atoms with Gasteiger partial charge >= 0.3 is 0 Å². The summed E-state index contributed by atoms with van der Waals surface area (Å²) in [6.45, 7) is 9.16. The first-order valence-electron chi connectivity index (χ1n) is 8.00. The molecule has 0 aromatic carbocycles. The zero-order valence-corrected chi connectivity index (χ0v) is 14.1. The van der Waals surface area contributed by atoms with E-state index in [1.165, 1.54) is 30.9 Å². The van der Waals surface area contributed by atoms with E-state index in [-0.39, 0.29) is 6.10 Å². The molecule has 6 heteroatoms. The molecule has 118 valence electrons. The van der Waals surface area contributed by atoms with Gasteiger partial charge in [0.15, 0.2) is 0 Å². The van der Waals surface area contributed by atoms with Crippen molar-refractivity contribution in [3.05, 3.63) is 5.82 Å². The van der Waals surface area contributed by atoms with Crippen LogP contribution in [-0.2, 0) is 4.74 Å². The van der Waals surface area contributed by atoms with E-state index in [4.69, 9.17) is 4.74 Å². The summed E-state index contributed by atoms with van der Waals surface area (Å²) in [5, 5.41) is 1.05. The van der Waals surface area contributed by atoms with E-state index in [0.29, 0.717) is 5.92 Å². The van der Waals surface area contributed by atoms with Crippen molar-refractivity contribution in [2.75, 3.05) is 44.7 Å². The van der Waals surface area contributed by atoms with Crippen molar-refractivity contribution in [1.29, 1.82) is 0 Å². The maximum absolute atomic E-state index is 5.93. The number of likely N-dealkylation sites (N-methyl/N-ethyl adjacent to an activating group) is 1. The average Bonchev–Trinajstić information content (AvgIpc) is 3.11. The van der Waals surface area contributed by atoms with E-state index in [2.05, 4.69) is 40.1 Å². The lowest BCUT2D eigenvalue weighted by atomic mass is 10.2. The van der Waals surface area contributed by atoms with E-state index in [1.54, 1.807) is 0 Å². The molecule has 1 aromatic heterocycles. The molecule has 1 aliphatic carbocycles. The fourth-order valence-corrected chi connectivity index (χ4v) is 3.60. The van der Waals surface area contributed by atoms with Crippen LogP contribution >= 0.6 is 11.5 Å². The Morgan fingerprint density at radius 1 is 1.38 bits per heavy atom. The van der Waals surface area contributed by atoms with Crippen LogP contribution in [0.3, 0.4) is 0 Å². The van der Waals surface area contributed by atoms with Gasteiger partial charge in [0.2, 0.25) is 5.13 Å². The van der Waals surface area contributed by atoms with E-state index < -0.39 is 0 Å². The summed E-state index contributed by atoms with van der Waals surface area (Å²) < 4.78 is 10.4. The van der Waals surface area contributed by atoms with Gasteiger partial charge in [-0.05, 0) is 25.8 Å². The van der Waals surface area contributed by atoms with Crippen molar-refractivity contribution >= 4 is 16.7 Å². The second kappa shape index (κ2) is 6.58. The van der Waals surface area contributed by atoms with Gasteiger partial charge in [-0.15, -0.1) is 0 Å². The molecule has 2 aliphatic rings. The Bertz CT molecular complexity index is 460. The first kappa shape index (κ1) is 15.2. The van der Waals surface area contributed by atoms with E-state index >= 15 is 0 Å². The lowest BCUT2D eigenvalue weighted by Crippen LogP contribution is -2.47. The molecule has 1 saturated carbocycles. The maximum Gasteiger partial charge on any atom is 0.205 e. The third-order valence-electron chi connectivity index (χ3n) is 4.14. The first-order chi connectivity index (χ1) is 10.1. The first-order valence-corrected chi connectivity index (χ1v) is 8.78. The molecule has 1 aliphatic heterocycles. The molecule has 0 spiro atoms. The Morgan fingerprint density at radius 3 is 2.86 bits per heavy atom. The summed E-state index contributed by atoms with van der Waals surface area (Å²) in [6.07, 6.45) is 3.10.